The molecule has 1 atom stereocenters. The van der Waals surface area contributed by atoms with Gasteiger partial charge in [0.25, 0.3) is 5.97 Å². The van der Waals surface area contributed by atoms with Crippen molar-refractivity contribution < 1.29 is 29.3 Å². The van der Waals surface area contributed by atoms with E-state index in [1.807, 2.05) is 0 Å². The van der Waals surface area contributed by atoms with Gasteiger partial charge in [-0.15, -0.1) is 0 Å². The molecule has 0 radical (unpaired) electrons. The number of carboxylic acid groups (broad SMARTS) is 1. The molecule has 1 rings (SSSR count). The molecule has 70 valence electrons. The Balaban J connectivity index is 0.000000261. The van der Waals surface area contributed by atoms with E-state index in [0.29, 0.717) is 0 Å². The molecular weight excluding hydrogens is 168 g/mol. The fraction of sp³-hybridized carbons (Fsp3) is 0.667. The number of hydrogen-bond donors (Lipinski definition) is 2. The van der Waals surface area contributed by atoms with E-state index in [4.69, 9.17) is 15.0 Å². The number of aliphatic hydroxyl groups is 1. The van der Waals surface area contributed by atoms with Crippen LogP contribution >= 0.6 is 0 Å². The van der Waals surface area contributed by atoms with Crippen molar-refractivity contribution >= 4 is 12.1 Å². The van der Waals surface area contributed by atoms with Crippen molar-refractivity contribution in [2.24, 2.45) is 0 Å². The van der Waals surface area contributed by atoms with Crippen LogP contribution in [0.25, 0.3) is 0 Å². The van der Waals surface area contributed by atoms with Gasteiger partial charge in [-0.3, -0.25) is 4.79 Å². The van der Waals surface area contributed by atoms with Gasteiger partial charge in [0.15, 0.2) is 6.10 Å². The van der Waals surface area contributed by atoms with E-state index in [2.05, 4.69) is 9.47 Å². The van der Waals surface area contributed by atoms with Crippen LogP contribution in [-0.4, -0.2) is 41.7 Å². The van der Waals surface area contributed by atoms with E-state index < -0.39 is 18.2 Å². The first kappa shape index (κ1) is 10.7. The van der Waals surface area contributed by atoms with Crippen LogP contribution in [0.2, 0.25) is 0 Å². The molecule has 12 heavy (non-hydrogen) atoms. The highest BCUT2D eigenvalue weighted by atomic mass is 16.8. The third-order valence-corrected chi connectivity index (χ3v) is 0.854. The minimum absolute atomic E-state index is 0.161. The van der Waals surface area contributed by atoms with Crippen molar-refractivity contribution in [3.63, 3.8) is 0 Å². The fourth-order valence-corrected chi connectivity index (χ4v) is 0.455. The van der Waals surface area contributed by atoms with Gasteiger partial charge < -0.3 is 19.7 Å². The Morgan fingerprint density at radius 1 is 1.75 bits per heavy atom. The van der Waals surface area contributed by atoms with Crippen LogP contribution in [0.3, 0.4) is 0 Å². The lowest BCUT2D eigenvalue weighted by Crippen LogP contribution is -2.14. The largest absolute Gasteiger partial charge is 0.508 e. The summed E-state index contributed by atoms with van der Waals surface area (Å²) < 4.78 is 8.73. The summed E-state index contributed by atoms with van der Waals surface area (Å²) in [7, 11) is 0. The molecule has 0 amide bonds. The Labute approximate surface area is 68.7 Å². The van der Waals surface area contributed by atoms with Gasteiger partial charge in [-0.2, -0.15) is 0 Å². The summed E-state index contributed by atoms with van der Waals surface area (Å²) in [4.78, 5) is 19.1. The molecular formula is C6H10O6. The molecule has 1 aliphatic rings. The molecule has 1 aliphatic heterocycles. The van der Waals surface area contributed by atoms with Gasteiger partial charge in [-0.05, 0) is 0 Å². The monoisotopic (exact) mass is 178 g/mol. The number of ether oxygens (including phenoxy) is 2. The maximum atomic E-state index is 10.1. The number of carboxylic acids is 1. The van der Waals surface area contributed by atoms with Gasteiger partial charge in [0.05, 0.1) is 6.61 Å². The maximum absolute atomic E-state index is 10.1. The summed E-state index contributed by atoms with van der Waals surface area (Å²) in [6.45, 7) is 1.10. The van der Waals surface area contributed by atoms with E-state index in [0.717, 1.165) is 6.92 Å². The number of rotatable bonds is 1. The van der Waals surface area contributed by atoms with Gasteiger partial charge in [-0.25, -0.2) is 4.79 Å². The van der Waals surface area contributed by atoms with Crippen LogP contribution in [0.4, 0.5) is 4.79 Å². The number of aliphatic carboxylic acids is 1. The Morgan fingerprint density at radius 2 is 2.25 bits per heavy atom. The zero-order valence-corrected chi connectivity index (χ0v) is 6.52. The molecule has 1 saturated heterocycles. The van der Waals surface area contributed by atoms with Crippen LogP contribution in [0.15, 0.2) is 0 Å². The van der Waals surface area contributed by atoms with Crippen molar-refractivity contribution in [2.45, 2.75) is 13.0 Å². The van der Waals surface area contributed by atoms with E-state index in [1.54, 1.807) is 0 Å². The predicted octanol–water partition coefficient (Wildman–Crippen LogP) is -0.395. The molecule has 0 spiro atoms. The van der Waals surface area contributed by atoms with Crippen LogP contribution in [0.1, 0.15) is 6.92 Å². The summed E-state index contributed by atoms with van der Waals surface area (Å²) in [5.41, 5.74) is 0. The SMILES string of the molecule is CC(=O)O.O=C1OCC(CO)O1. The molecule has 0 aliphatic carbocycles. The minimum Gasteiger partial charge on any atom is -0.481 e. The highest BCUT2D eigenvalue weighted by Gasteiger charge is 2.23. The number of carbonyl (C=O) groups excluding carboxylic acids is 1. The van der Waals surface area contributed by atoms with Crippen molar-refractivity contribution in [1.29, 1.82) is 0 Å². The third-order valence-electron chi connectivity index (χ3n) is 0.854. The molecule has 1 unspecified atom stereocenters. The summed E-state index contributed by atoms with van der Waals surface area (Å²) in [6.07, 6.45) is -1.13. The number of cyclic esters (lactones) is 2. The summed E-state index contributed by atoms with van der Waals surface area (Å²) in [6, 6.07) is 0. The van der Waals surface area contributed by atoms with Crippen molar-refractivity contribution in [2.75, 3.05) is 13.2 Å². The predicted molar refractivity (Wildman–Crippen MR) is 36.6 cm³/mol. The first-order valence-electron chi connectivity index (χ1n) is 3.20. The Hall–Kier alpha value is -1.30. The number of hydrogen-bond acceptors (Lipinski definition) is 5. The van der Waals surface area contributed by atoms with E-state index >= 15 is 0 Å². The van der Waals surface area contributed by atoms with E-state index in [-0.39, 0.29) is 13.2 Å². The molecule has 1 fully saturated rings. The molecule has 0 aromatic heterocycles. The van der Waals surface area contributed by atoms with E-state index in [9.17, 15) is 4.79 Å². The fourth-order valence-electron chi connectivity index (χ4n) is 0.455. The lowest BCUT2D eigenvalue weighted by atomic mass is 10.4. The van der Waals surface area contributed by atoms with Crippen LogP contribution < -0.4 is 0 Å². The Kier molecular flexibility index (Phi) is 4.78. The normalized spacial score (nSPS) is 20.2. The van der Waals surface area contributed by atoms with E-state index in [1.165, 1.54) is 0 Å². The Bertz CT molecular complexity index is 161. The number of carbonyl (C=O) groups is 2. The molecule has 0 bridgehead atoms. The first-order valence-corrected chi connectivity index (χ1v) is 3.20. The second kappa shape index (κ2) is 5.36. The highest BCUT2D eigenvalue weighted by molar-refractivity contribution is 5.63. The zero-order valence-electron chi connectivity index (χ0n) is 6.52. The zero-order chi connectivity index (χ0) is 9.56. The van der Waals surface area contributed by atoms with Crippen molar-refractivity contribution in [3.8, 4) is 0 Å². The number of aliphatic hydroxyl groups excluding tert-OH is 1. The van der Waals surface area contributed by atoms with Gasteiger partial charge in [0.1, 0.15) is 6.61 Å². The van der Waals surface area contributed by atoms with Gasteiger partial charge in [0, 0.05) is 6.92 Å². The topological polar surface area (TPSA) is 93.1 Å². The van der Waals surface area contributed by atoms with Gasteiger partial charge >= 0.3 is 6.16 Å². The summed E-state index contributed by atoms with van der Waals surface area (Å²) in [5, 5.41) is 15.7. The molecule has 0 aromatic carbocycles. The van der Waals surface area contributed by atoms with Crippen LogP contribution in [0.5, 0.6) is 0 Å². The molecule has 6 heteroatoms. The smallest absolute Gasteiger partial charge is 0.481 e. The standard InChI is InChI=1S/C4H6O4.C2H4O2/c5-1-3-2-7-4(6)8-3;1-2(3)4/h3,5H,1-2H2;1H3,(H,3,4). The molecule has 0 saturated carbocycles. The maximum Gasteiger partial charge on any atom is 0.508 e. The van der Waals surface area contributed by atoms with Gasteiger partial charge in [0.2, 0.25) is 0 Å². The highest BCUT2D eigenvalue weighted by Crippen LogP contribution is 2.03. The molecule has 2 N–H and O–H groups in total. The second-order valence-electron chi connectivity index (χ2n) is 2.00. The first-order chi connectivity index (χ1) is 5.56. The average Bonchev–Trinajstić information content (AvgIpc) is 2.34. The Morgan fingerprint density at radius 3 is 2.42 bits per heavy atom. The van der Waals surface area contributed by atoms with Crippen LogP contribution in [-0.2, 0) is 14.3 Å². The summed E-state index contributed by atoms with van der Waals surface area (Å²) >= 11 is 0. The lowest BCUT2D eigenvalue weighted by molar-refractivity contribution is -0.134. The van der Waals surface area contributed by atoms with Crippen LogP contribution in [0, 0.1) is 0 Å². The summed E-state index contributed by atoms with van der Waals surface area (Å²) in [5.74, 6) is -0.833. The van der Waals surface area contributed by atoms with Crippen molar-refractivity contribution in [3.05, 3.63) is 0 Å². The molecule has 6 nitrogen and oxygen atoms in total. The average molecular weight is 178 g/mol. The second-order valence-corrected chi connectivity index (χ2v) is 2.00. The quantitative estimate of drug-likeness (QED) is 0.531. The van der Waals surface area contributed by atoms with Gasteiger partial charge in [-0.1, -0.05) is 0 Å². The third kappa shape index (κ3) is 5.48. The lowest BCUT2D eigenvalue weighted by Gasteiger charge is -1.96. The van der Waals surface area contributed by atoms with Crippen molar-refractivity contribution in [1.82, 2.24) is 0 Å². The molecule has 0 aromatic rings. The minimum atomic E-state index is -0.833. The molecule has 1 heterocycles.